The van der Waals surface area contributed by atoms with Crippen molar-refractivity contribution in [1.82, 2.24) is 9.80 Å². The number of ketones is 1. The van der Waals surface area contributed by atoms with E-state index in [0.717, 1.165) is 38.6 Å². The van der Waals surface area contributed by atoms with Crippen LogP contribution in [0.25, 0.3) is 0 Å². The van der Waals surface area contributed by atoms with E-state index in [0.29, 0.717) is 11.8 Å². The zero-order valence-corrected chi connectivity index (χ0v) is 12.4. The first-order chi connectivity index (χ1) is 9.02. The predicted octanol–water partition coefficient (Wildman–Crippen LogP) is 1.69. The minimum atomic E-state index is -0.103. The molecule has 4 nitrogen and oxygen atoms in total. The summed E-state index contributed by atoms with van der Waals surface area (Å²) < 4.78 is 0. The van der Waals surface area contributed by atoms with Gasteiger partial charge in [-0.3, -0.25) is 14.5 Å². The van der Waals surface area contributed by atoms with E-state index in [2.05, 4.69) is 4.90 Å². The number of amides is 1. The molecule has 0 aromatic heterocycles. The van der Waals surface area contributed by atoms with Crippen LogP contribution in [0.15, 0.2) is 0 Å². The van der Waals surface area contributed by atoms with Crippen LogP contribution in [-0.4, -0.2) is 54.2 Å². The average molecular weight is 266 g/mol. The van der Waals surface area contributed by atoms with Crippen molar-refractivity contribution in [3.8, 4) is 0 Å². The maximum atomic E-state index is 12.2. The van der Waals surface area contributed by atoms with E-state index in [-0.39, 0.29) is 17.9 Å². The van der Waals surface area contributed by atoms with Crippen molar-refractivity contribution in [3.05, 3.63) is 0 Å². The van der Waals surface area contributed by atoms with Crippen LogP contribution in [0.5, 0.6) is 0 Å². The number of rotatable bonds is 3. The summed E-state index contributed by atoms with van der Waals surface area (Å²) in [6, 6.07) is 0.191. The summed E-state index contributed by atoms with van der Waals surface area (Å²) in [7, 11) is 3.61. The standard InChI is InChI=1S/C15H26N2O2/c1-11(15(19)16(2)3)17-10-5-4-8-13(17)12-7-6-9-14(12)18/h11-13H,4-10H2,1-3H3. The fourth-order valence-electron chi connectivity index (χ4n) is 3.66. The van der Waals surface area contributed by atoms with Crippen molar-refractivity contribution in [1.29, 1.82) is 0 Å². The van der Waals surface area contributed by atoms with Crippen LogP contribution in [0.4, 0.5) is 0 Å². The van der Waals surface area contributed by atoms with E-state index in [1.54, 1.807) is 19.0 Å². The Morgan fingerprint density at radius 3 is 2.58 bits per heavy atom. The van der Waals surface area contributed by atoms with Crippen LogP contribution in [0.2, 0.25) is 0 Å². The van der Waals surface area contributed by atoms with Gasteiger partial charge in [-0.2, -0.15) is 0 Å². The molecule has 3 unspecified atom stereocenters. The SMILES string of the molecule is CC(C(=O)N(C)C)N1CCCCC1C1CCCC1=O. The summed E-state index contributed by atoms with van der Waals surface area (Å²) in [5.74, 6) is 0.747. The predicted molar refractivity (Wildman–Crippen MR) is 74.8 cm³/mol. The Labute approximate surface area is 116 Å². The quantitative estimate of drug-likeness (QED) is 0.780. The highest BCUT2D eigenvalue weighted by atomic mass is 16.2. The van der Waals surface area contributed by atoms with Gasteiger partial charge in [0.1, 0.15) is 5.78 Å². The first-order valence-corrected chi connectivity index (χ1v) is 7.52. The van der Waals surface area contributed by atoms with Crippen LogP contribution >= 0.6 is 0 Å². The lowest BCUT2D eigenvalue weighted by molar-refractivity contribution is -0.137. The molecular weight excluding hydrogens is 240 g/mol. The zero-order chi connectivity index (χ0) is 14.0. The monoisotopic (exact) mass is 266 g/mol. The molecule has 1 aliphatic heterocycles. The molecular formula is C15H26N2O2. The van der Waals surface area contributed by atoms with E-state index < -0.39 is 0 Å². The molecule has 2 aliphatic rings. The minimum Gasteiger partial charge on any atom is -0.347 e. The highest BCUT2D eigenvalue weighted by molar-refractivity contribution is 5.84. The van der Waals surface area contributed by atoms with Crippen molar-refractivity contribution in [2.45, 2.75) is 57.5 Å². The first kappa shape index (κ1) is 14.5. The summed E-state index contributed by atoms with van der Waals surface area (Å²) in [5, 5.41) is 0. The molecule has 1 aliphatic carbocycles. The Balaban J connectivity index is 2.11. The number of nitrogens with zero attached hydrogens (tertiary/aromatic N) is 2. The number of likely N-dealkylation sites (N-methyl/N-ethyl adjacent to an activating group) is 1. The molecule has 0 aromatic rings. The maximum absolute atomic E-state index is 12.2. The van der Waals surface area contributed by atoms with Gasteiger partial charge in [-0.1, -0.05) is 6.42 Å². The average Bonchev–Trinajstić information content (AvgIpc) is 2.83. The molecule has 1 heterocycles. The molecule has 0 aromatic carbocycles. The van der Waals surface area contributed by atoms with Crippen molar-refractivity contribution in [3.63, 3.8) is 0 Å². The molecule has 0 bridgehead atoms. The zero-order valence-electron chi connectivity index (χ0n) is 12.4. The molecule has 0 spiro atoms. The minimum absolute atomic E-state index is 0.103. The number of hydrogen-bond acceptors (Lipinski definition) is 3. The molecule has 2 rings (SSSR count). The van der Waals surface area contributed by atoms with Crippen LogP contribution in [-0.2, 0) is 9.59 Å². The number of piperidine rings is 1. The highest BCUT2D eigenvalue weighted by Gasteiger charge is 2.39. The largest absolute Gasteiger partial charge is 0.347 e. The molecule has 2 fully saturated rings. The van der Waals surface area contributed by atoms with Crippen molar-refractivity contribution in [2.24, 2.45) is 5.92 Å². The molecule has 4 heteroatoms. The second kappa shape index (κ2) is 6.04. The van der Waals surface area contributed by atoms with E-state index in [4.69, 9.17) is 0 Å². The van der Waals surface area contributed by atoms with Gasteiger partial charge in [-0.15, -0.1) is 0 Å². The third-order valence-corrected chi connectivity index (χ3v) is 4.70. The second-order valence-electron chi connectivity index (χ2n) is 6.17. The fourth-order valence-corrected chi connectivity index (χ4v) is 3.66. The van der Waals surface area contributed by atoms with E-state index in [1.165, 1.54) is 6.42 Å². The lowest BCUT2D eigenvalue weighted by atomic mass is 9.87. The Morgan fingerprint density at radius 2 is 2.00 bits per heavy atom. The molecule has 1 amide bonds. The third-order valence-electron chi connectivity index (χ3n) is 4.70. The van der Waals surface area contributed by atoms with Crippen molar-refractivity contribution < 1.29 is 9.59 Å². The van der Waals surface area contributed by atoms with Gasteiger partial charge in [0.25, 0.3) is 0 Å². The van der Waals surface area contributed by atoms with Crippen LogP contribution in [0.3, 0.4) is 0 Å². The number of likely N-dealkylation sites (tertiary alicyclic amines) is 1. The van der Waals surface area contributed by atoms with Gasteiger partial charge in [0.2, 0.25) is 5.91 Å². The van der Waals surface area contributed by atoms with Gasteiger partial charge in [0.05, 0.1) is 6.04 Å². The topological polar surface area (TPSA) is 40.6 Å². The van der Waals surface area contributed by atoms with Gasteiger partial charge in [-0.05, 0) is 39.2 Å². The molecule has 19 heavy (non-hydrogen) atoms. The number of carbonyl (C=O) groups excluding carboxylic acids is 2. The molecule has 0 radical (unpaired) electrons. The number of carbonyl (C=O) groups is 2. The number of hydrogen-bond donors (Lipinski definition) is 0. The normalized spacial score (nSPS) is 30.4. The molecule has 1 saturated carbocycles. The van der Waals surface area contributed by atoms with Crippen LogP contribution in [0, 0.1) is 5.92 Å². The number of Topliss-reactive ketones (excluding diaryl/α,β-unsaturated/α-hetero) is 1. The highest BCUT2D eigenvalue weighted by Crippen LogP contribution is 2.33. The molecule has 0 N–H and O–H groups in total. The van der Waals surface area contributed by atoms with E-state index >= 15 is 0 Å². The van der Waals surface area contributed by atoms with E-state index in [9.17, 15) is 9.59 Å². The molecule has 3 atom stereocenters. The lowest BCUT2D eigenvalue weighted by Crippen LogP contribution is -2.54. The van der Waals surface area contributed by atoms with Gasteiger partial charge >= 0.3 is 0 Å². The molecule has 1 saturated heterocycles. The summed E-state index contributed by atoms with van der Waals surface area (Å²) in [5.41, 5.74) is 0. The van der Waals surface area contributed by atoms with Crippen LogP contribution < -0.4 is 0 Å². The summed E-state index contributed by atoms with van der Waals surface area (Å²) in [6.07, 6.45) is 6.19. The first-order valence-electron chi connectivity index (χ1n) is 7.52. The lowest BCUT2D eigenvalue weighted by Gasteiger charge is -2.42. The summed E-state index contributed by atoms with van der Waals surface area (Å²) >= 11 is 0. The smallest absolute Gasteiger partial charge is 0.239 e. The third kappa shape index (κ3) is 2.99. The Hall–Kier alpha value is -0.900. The van der Waals surface area contributed by atoms with Crippen molar-refractivity contribution >= 4 is 11.7 Å². The Bertz CT molecular complexity index is 354. The van der Waals surface area contributed by atoms with E-state index in [1.807, 2.05) is 6.92 Å². The van der Waals surface area contributed by atoms with Gasteiger partial charge in [-0.25, -0.2) is 0 Å². The van der Waals surface area contributed by atoms with Gasteiger partial charge < -0.3 is 4.90 Å². The Kier molecular flexibility index (Phi) is 4.61. The van der Waals surface area contributed by atoms with Crippen molar-refractivity contribution in [2.75, 3.05) is 20.6 Å². The van der Waals surface area contributed by atoms with Gasteiger partial charge in [0, 0.05) is 32.5 Å². The van der Waals surface area contributed by atoms with Gasteiger partial charge in [0.15, 0.2) is 0 Å². The summed E-state index contributed by atoms with van der Waals surface area (Å²) in [4.78, 5) is 28.2. The Morgan fingerprint density at radius 1 is 1.26 bits per heavy atom. The summed E-state index contributed by atoms with van der Waals surface area (Å²) in [6.45, 7) is 2.94. The van der Waals surface area contributed by atoms with Crippen LogP contribution in [0.1, 0.15) is 45.4 Å². The second-order valence-corrected chi connectivity index (χ2v) is 6.17. The maximum Gasteiger partial charge on any atom is 0.239 e. The molecule has 108 valence electrons. The fraction of sp³-hybridized carbons (Fsp3) is 0.867.